The summed E-state index contributed by atoms with van der Waals surface area (Å²) in [6.07, 6.45) is 0. The summed E-state index contributed by atoms with van der Waals surface area (Å²) in [6, 6.07) is 108. The van der Waals surface area contributed by atoms with Gasteiger partial charge in [-0.2, -0.15) is 0 Å². The number of hydrogen-bond donors (Lipinski definition) is 0. The fourth-order valence-corrected chi connectivity index (χ4v) is 17.4. The molecule has 0 N–H and O–H groups in total. The Bertz CT molecular complexity index is 4560. The van der Waals surface area contributed by atoms with Crippen LogP contribution in [0.1, 0.15) is 0 Å². The van der Waals surface area contributed by atoms with Crippen molar-refractivity contribution in [2.75, 3.05) is 0 Å². The van der Waals surface area contributed by atoms with Crippen LogP contribution in [0.25, 0.3) is 110 Å². The minimum atomic E-state index is -3.24. The molecule has 0 bridgehead atoms. The van der Waals surface area contributed by atoms with Crippen molar-refractivity contribution in [2.24, 2.45) is 0 Å². The molecule has 0 aliphatic heterocycles. The quantitative estimate of drug-likeness (QED) is 0.104. The van der Waals surface area contributed by atoms with Gasteiger partial charge in [0.15, 0.2) is 8.07 Å². The molecule has 15 rings (SSSR count). The minimum Gasteiger partial charge on any atom is -0.455 e. The predicted molar refractivity (Wildman–Crippen MR) is 322 cm³/mol. The monoisotopic (exact) mass is 984 g/mol. The summed E-state index contributed by atoms with van der Waals surface area (Å²) in [5, 5.41) is 12.3. The van der Waals surface area contributed by atoms with E-state index in [1.54, 1.807) is 0 Å². The van der Waals surface area contributed by atoms with Crippen LogP contribution in [0.5, 0.6) is 0 Å². The van der Waals surface area contributed by atoms with E-state index < -0.39 is 8.07 Å². The van der Waals surface area contributed by atoms with Crippen LogP contribution < -0.4 is 20.7 Å². The molecular weight excluding hydrogens is 937 g/mol. The molecule has 0 unspecified atom stereocenters. The molecule has 12 aromatic carbocycles. The molecule has 3 heterocycles. The van der Waals surface area contributed by atoms with Gasteiger partial charge in [0.2, 0.25) is 0 Å². The van der Waals surface area contributed by atoms with Gasteiger partial charge in [0.25, 0.3) is 0 Å². The number of hydrogen-bond acceptors (Lipinski definition) is 1. The number of benzene rings is 12. The molecule has 76 heavy (non-hydrogen) atoms. The van der Waals surface area contributed by atoms with Gasteiger partial charge in [-0.25, -0.2) is 0 Å². The van der Waals surface area contributed by atoms with Crippen LogP contribution in [-0.2, 0) is 0 Å². The summed E-state index contributed by atoms with van der Waals surface area (Å²) < 4.78 is 11.9. The smallest absolute Gasteiger partial charge is 0.179 e. The molecule has 0 radical (unpaired) electrons. The summed E-state index contributed by atoms with van der Waals surface area (Å²) in [4.78, 5) is 0. The van der Waals surface area contributed by atoms with E-state index in [2.05, 4.69) is 300 Å². The highest BCUT2D eigenvalue weighted by molar-refractivity contribution is 7.20. The number of nitrogens with zero attached hydrogens (tertiary/aromatic N) is 2. The van der Waals surface area contributed by atoms with E-state index in [1.165, 1.54) is 53.3 Å². The van der Waals surface area contributed by atoms with Crippen LogP contribution in [-0.4, -0.2) is 17.2 Å². The Hall–Kier alpha value is -9.74. The average Bonchev–Trinajstić information content (AvgIpc) is 4.30. The maximum absolute atomic E-state index is 6.94. The van der Waals surface area contributed by atoms with Gasteiger partial charge in [-0.05, 0) is 79.9 Å². The van der Waals surface area contributed by atoms with Crippen LogP contribution in [0, 0.1) is 0 Å². The van der Waals surface area contributed by atoms with Gasteiger partial charge in [-0.3, -0.25) is 0 Å². The van der Waals surface area contributed by atoms with Gasteiger partial charge in [0.05, 0.1) is 27.8 Å². The third kappa shape index (κ3) is 6.68. The Kier molecular flexibility index (Phi) is 10.2. The molecular formula is C72H48N2OSi. The van der Waals surface area contributed by atoms with Crippen LogP contribution in [0.4, 0.5) is 0 Å². The highest BCUT2D eigenvalue weighted by Crippen LogP contribution is 2.46. The van der Waals surface area contributed by atoms with Gasteiger partial charge in [-0.1, -0.05) is 249 Å². The molecule has 0 saturated heterocycles. The molecule has 0 fully saturated rings. The normalized spacial score (nSPS) is 11.9. The highest BCUT2D eigenvalue weighted by atomic mass is 28.3. The van der Waals surface area contributed by atoms with Gasteiger partial charge in [0, 0.05) is 54.7 Å². The molecule has 0 aliphatic carbocycles. The highest BCUT2D eigenvalue weighted by Gasteiger charge is 2.43. The van der Waals surface area contributed by atoms with E-state index in [9.17, 15) is 0 Å². The molecule has 0 aliphatic rings. The minimum absolute atomic E-state index is 0.876. The molecule has 3 nitrogen and oxygen atoms in total. The summed E-state index contributed by atoms with van der Waals surface area (Å²) >= 11 is 0. The molecule has 0 amide bonds. The van der Waals surface area contributed by atoms with E-state index in [-0.39, 0.29) is 0 Å². The van der Waals surface area contributed by atoms with E-state index in [0.717, 1.165) is 77.7 Å². The van der Waals surface area contributed by atoms with Crippen molar-refractivity contribution < 1.29 is 4.42 Å². The zero-order chi connectivity index (χ0) is 50.2. The molecule has 0 spiro atoms. The standard InChI is InChI=1S/C72H48N2OSi/c1-7-24-49(25-8-1)57-38-23-39-60-70-68(75-72(57)60)45-44-67-69(70)59-37-20-22-41-65(59)74(67)71-61(50-26-9-2-10-27-50)47-56(48-62(71)51-28-11-3-12-29-51)76(53-32-15-5-16-33-53,54-34-17-6-18-35-54)55-42-43-66-63(46-55)58-36-19-21-40-64(58)73(66)52-30-13-4-14-31-52/h1-48H. The lowest BCUT2D eigenvalue weighted by Gasteiger charge is -2.36. The van der Waals surface area contributed by atoms with Gasteiger partial charge in [0.1, 0.15) is 11.2 Å². The number of fused-ring (bicyclic) bond motifs is 10. The van der Waals surface area contributed by atoms with Crippen molar-refractivity contribution in [1.29, 1.82) is 0 Å². The first-order valence-electron chi connectivity index (χ1n) is 26.2. The van der Waals surface area contributed by atoms with Crippen molar-refractivity contribution in [3.63, 3.8) is 0 Å². The molecule has 15 aromatic rings. The molecule has 0 atom stereocenters. The number of para-hydroxylation sites is 4. The first-order valence-corrected chi connectivity index (χ1v) is 28.2. The van der Waals surface area contributed by atoms with Crippen molar-refractivity contribution in [3.8, 4) is 44.8 Å². The Morgan fingerprint density at radius 1 is 0.276 bits per heavy atom. The van der Waals surface area contributed by atoms with E-state index in [1.807, 2.05) is 0 Å². The summed E-state index contributed by atoms with van der Waals surface area (Å²) in [7, 11) is -3.24. The van der Waals surface area contributed by atoms with Crippen LogP contribution in [0.3, 0.4) is 0 Å². The predicted octanol–water partition coefficient (Wildman–Crippen LogP) is 16.2. The summed E-state index contributed by atoms with van der Waals surface area (Å²) in [5.41, 5.74) is 15.5. The topological polar surface area (TPSA) is 23.0 Å². The third-order valence-corrected chi connectivity index (χ3v) is 20.6. The first-order chi connectivity index (χ1) is 37.7. The lowest BCUT2D eigenvalue weighted by atomic mass is 9.95. The van der Waals surface area contributed by atoms with Crippen molar-refractivity contribution >= 4 is 94.4 Å². The number of rotatable bonds is 9. The third-order valence-electron chi connectivity index (χ3n) is 15.9. The molecule has 4 heteroatoms. The fraction of sp³-hybridized carbons (Fsp3) is 0. The van der Waals surface area contributed by atoms with Crippen LogP contribution in [0.15, 0.2) is 296 Å². The maximum Gasteiger partial charge on any atom is 0.179 e. The van der Waals surface area contributed by atoms with Crippen molar-refractivity contribution in [1.82, 2.24) is 9.13 Å². The number of furan rings is 1. The first kappa shape index (κ1) is 43.8. The Balaban J connectivity index is 1.09. The second-order valence-corrected chi connectivity index (χ2v) is 23.7. The van der Waals surface area contributed by atoms with Gasteiger partial charge >= 0.3 is 0 Å². The molecule has 0 saturated carbocycles. The maximum atomic E-state index is 6.94. The van der Waals surface area contributed by atoms with Crippen LogP contribution >= 0.6 is 0 Å². The zero-order valence-electron chi connectivity index (χ0n) is 41.5. The second kappa shape index (κ2) is 17.7. The molecule has 3 aromatic heterocycles. The molecule has 356 valence electrons. The average molecular weight is 985 g/mol. The second-order valence-electron chi connectivity index (χ2n) is 19.9. The summed E-state index contributed by atoms with van der Waals surface area (Å²) in [5.74, 6) is 0. The Morgan fingerprint density at radius 2 is 0.750 bits per heavy atom. The SMILES string of the molecule is c1ccc(-c2cc([Si](c3ccccc3)(c3ccccc3)c3ccc4c(c3)c3ccccc3n4-c3ccccc3)cc(-c3ccccc3)c2-n2c3ccccc3c3c4c(ccc32)oc2c(-c3ccccc3)cccc24)cc1. The van der Waals surface area contributed by atoms with E-state index >= 15 is 0 Å². The Morgan fingerprint density at radius 3 is 1.36 bits per heavy atom. The van der Waals surface area contributed by atoms with Crippen LogP contribution in [0.2, 0.25) is 0 Å². The lowest BCUT2D eigenvalue weighted by molar-refractivity contribution is 0.670. The number of aromatic nitrogens is 2. The Labute approximate surface area is 441 Å². The van der Waals surface area contributed by atoms with E-state index in [0.29, 0.717) is 0 Å². The largest absolute Gasteiger partial charge is 0.455 e. The van der Waals surface area contributed by atoms with Crippen molar-refractivity contribution in [3.05, 3.63) is 291 Å². The zero-order valence-corrected chi connectivity index (χ0v) is 42.5. The van der Waals surface area contributed by atoms with Gasteiger partial charge < -0.3 is 13.6 Å². The van der Waals surface area contributed by atoms with E-state index in [4.69, 9.17) is 4.42 Å². The summed E-state index contributed by atoms with van der Waals surface area (Å²) in [6.45, 7) is 0. The van der Waals surface area contributed by atoms with Crippen molar-refractivity contribution in [2.45, 2.75) is 0 Å². The fourth-order valence-electron chi connectivity index (χ4n) is 12.6. The van der Waals surface area contributed by atoms with Gasteiger partial charge in [-0.15, -0.1) is 0 Å². The lowest BCUT2D eigenvalue weighted by Crippen LogP contribution is -2.74.